The highest BCUT2D eigenvalue weighted by Crippen LogP contribution is 2.29. The Morgan fingerprint density at radius 1 is 0.765 bits per heavy atom. The van der Waals surface area contributed by atoms with Crippen molar-refractivity contribution < 1.29 is 22.7 Å². The van der Waals surface area contributed by atoms with Gasteiger partial charge in [-0.1, -0.05) is 104 Å². The minimum Gasteiger partial charge on any atom is -0.457 e. The van der Waals surface area contributed by atoms with E-state index in [1.165, 1.54) is 17.0 Å². The fourth-order valence-corrected chi connectivity index (χ4v) is 7.11. The van der Waals surface area contributed by atoms with Gasteiger partial charge in [-0.05, 0) is 84.6 Å². The maximum atomic E-state index is 14.7. The molecule has 5 rings (SSSR count). The predicted molar refractivity (Wildman–Crippen MR) is 202 cm³/mol. The Bertz CT molecular complexity index is 2010. The van der Waals surface area contributed by atoms with E-state index in [0.717, 1.165) is 15.4 Å². The summed E-state index contributed by atoms with van der Waals surface area (Å²) in [5.74, 6) is 0.402. The van der Waals surface area contributed by atoms with Gasteiger partial charge in [0.25, 0.3) is 10.0 Å². The molecule has 0 spiro atoms. The molecule has 51 heavy (non-hydrogen) atoms. The second-order valence-electron chi connectivity index (χ2n) is 12.7. The summed E-state index contributed by atoms with van der Waals surface area (Å²) in [5.41, 5.74) is 2.70. The Balaban J connectivity index is 1.56. The topological polar surface area (TPSA) is 96.0 Å². The van der Waals surface area contributed by atoms with Crippen LogP contribution in [0.3, 0.4) is 0 Å². The Morgan fingerprint density at radius 2 is 1.37 bits per heavy atom. The fraction of sp³-hybridized carbons (Fsp3) is 0.220. The third kappa shape index (κ3) is 10.2. The molecule has 0 aliphatic heterocycles. The maximum Gasteiger partial charge on any atom is 0.264 e. The largest absolute Gasteiger partial charge is 0.457 e. The summed E-state index contributed by atoms with van der Waals surface area (Å²) >= 11 is 6.35. The zero-order valence-corrected chi connectivity index (χ0v) is 30.5. The number of para-hydroxylation sites is 1. The van der Waals surface area contributed by atoms with E-state index in [2.05, 4.69) is 5.32 Å². The third-order valence-electron chi connectivity index (χ3n) is 8.19. The van der Waals surface area contributed by atoms with E-state index in [4.69, 9.17) is 16.3 Å². The van der Waals surface area contributed by atoms with Crippen molar-refractivity contribution in [1.29, 1.82) is 0 Å². The number of rotatable bonds is 15. The van der Waals surface area contributed by atoms with Crippen LogP contribution in [0.2, 0.25) is 5.02 Å². The van der Waals surface area contributed by atoms with Crippen LogP contribution in [0.5, 0.6) is 11.5 Å². The average molecular weight is 724 g/mol. The lowest BCUT2D eigenvalue weighted by Crippen LogP contribution is -2.53. The molecule has 0 heterocycles. The van der Waals surface area contributed by atoms with Crippen molar-refractivity contribution in [3.63, 3.8) is 0 Å². The molecule has 1 N–H and O–H groups in total. The lowest BCUT2D eigenvalue weighted by molar-refractivity contribution is -0.140. The number of benzene rings is 5. The van der Waals surface area contributed by atoms with Crippen molar-refractivity contribution in [3.05, 3.63) is 155 Å². The van der Waals surface area contributed by atoms with Crippen LogP contribution in [0.25, 0.3) is 0 Å². The van der Waals surface area contributed by atoms with Crippen LogP contribution in [-0.2, 0) is 32.6 Å². The SMILES string of the molecule is Cc1ccc(S(=O)(=O)N(CC(=O)N(Cc2cccc(Cl)c2)C(Cc2ccccc2)C(=O)NCC(C)C)c2ccc(Oc3ccccc3)cc2)cc1. The summed E-state index contributed by atoms with van der Waals surface area (Å²) in [6.45, 7) is 5.71. The first-order chi connectivity index (χ1) is 24.5. The molecule has 1 unspecified atom stereocenters. The molecule has 8 nitrogen and oxygen atoms in total. The summed E-state index contributed by atoms with van der Waals surface area (Å²) in [6, 6.07) is 37.8. The number of hydrogen-bond acceptors (Lipinski definition) is 5. The molecule has 0 aliphatic rings. The number of aryl methyl sites for hydroxylation is 1. The number of sulfonamides is 1. The Kier molecular flexibility index (Phi) is 12.5. The van der Waals surface area contributed by atoms with Crippen molar-refractivity contribution in [1.82, 2.24) is 10.2 Å². The number of nitrogens with one attached hydrogen (secondary N) is 1. The van der Waals surface area contributed by atoms with Crippen LogP contribution in [0.4, 0.5) is 5.69 Å². The van der Waals surface area contributed by atoms with Gasteiger partial charge in [0.1, 0.15) is 24.1 Å². The van der Waals surface area contributed by atoms with Gasteiger partial charge in [-0.3, -0.25) is 13.9 Å². The molecule has 1 atom stereocenters. The van der Waals surface area contributed by atoms with Gasteiger partial charge in [-0.15, -0.1) is 0 Å². The van der Waals surface area contributed by atoms with Crippen LogP contribution in [0.1, 0.15) is 30.5 Å². The van der Waals surface area contributed by atoms with E-state index in [1.54, 1.807) is 54.6 Å². The van der Waals surface area contributed by atoms with E-state index >= 15 is 0 Å². The minimum atomic E-state index is -4.25. The predicted octanol–water partition coefficient (Wildman–Crippen LogP) is 8.05. The van der Waals surface area contributed by atoms with Gasteiger partial charge in [-0.2, -0.15) is 0 Å². The number of carbonyl (C=O) groups excluding carboxylic acids is 2. The number of carbonyl (C=O) groups is 2. The van der Waals surface area contributed by atoms with Crippen LogP contribution >= 0.6 is 11.6 Å². The number of ether oxygens (including phenoxy) is 1. The fourth-order valence-electron chi connectivity index (χ4n) is 5.48. The van der Waals surface area contributed by atoms with E-state index in [9.17, 15) is 18.0 Å². The number of anilines is 1. The highest BCUT2D eigenvalue weighted by atomic mass is 35.5. The molecule has 264 valence electrons. The van der Waals surface area contributed by atoms with Gasteiger partial charge in [0.05, 0.1) is 10.6 Å². The van der Waals surface area contributed by atoms with Crippen LogP contribution in [0, 0.1) is 12.8 Å². The Hall–Kier alpha value is -5.12. The molecule has 0 aromatic heterocycles. The number of hydrogen-bond donors (Lipinski definition) is 1. The molecule has 0 saturated heterocycles. The second-order valence-corrected chi connectivity index (χ2v) is 15.0. The quantitative estimate of drug-likeness (QED) is 0.118. The average Bonchev–Trinajstić information content (AvgIpc) is 3.12. The smallest absolute Gasteiger partial charge is 0.264 e. The van der Waals surface area contributed by atoms with Crippen molar-refractivity contribution in [2.45, 2.75) is 44.7 Å². The van der Waals surface area contributed by atoms with Crippen LogP contribution in [-0.4, -0.2) is 44.3 Å². The van der Waals surface area contributed by atoms with Crippen molar-refractivity contribution in [2.75, 3.05) is 17.4 Å². The third-order valence-corrected chi connectivity index (χ3v) is 10.2. The molecule has 0 aliphatic carbocycles. The lowest BCUT2D eigenvalue weighted by Gasteiger charge is -2.34. The van der Waals surface area contributed by atoms with Crippen LogP contribution < -0.4 is 14.4 Å². The molecular weight excluding hydrogens is 682 g/mol. The molecule has 5 aromatic rings. The Morgan fingerprint density at radius 3 is 2.00 bits per heavy atom. The van der Waals surface area contributed by atoms with Crippen molar-refractivity contribution in [2.24, 2.45) is 5.92 Å². The highest BCUT2D eigenvalue weighted by Gasteiger charge is 2.34. The van der Waals surface area contributed by atoms with Gasteiger partial charge < -0.3 is 15.0 Å². The zero-order valence-electron chi connectivity index (χ0n) is 28.9. The summed E-state index contributed by atoms with van der Waals surface area (Å²) in [4.78, 5) is 30.2. The molecule has 10 heteroatoms. The van der Waals surface area contributed by atoms with Gasteiger partial charge in [0, 0.05) is 24.5 Å². The van der Waals surface area contributed by atoms with Gasteiger partial charge >= 0.3 is 0 Å². The van der Waals surface area contributed by atoms with E-state index in [-0.39, 0.29) is 35.4 Å². The lowest BCUT2D eigenvalue weighted by atomic mass is 10.0. The summed E-state index contributed by atoms with van der Waals surface area (Å²) in [7, 11) is -4.25. The Labute approximate surface area is 305 Å². The normalized spacial score (nSPS) is 11.9. The van der Waals surface area contributed by atoms with Crippen LogP contribution in [0.15, 0.2) is 138 Å². The highest BCUT2D eigenvalue weighted by molar-refractivity contribution is 7.92. The van der Waals surface area contributed by atoms with Gasteiger partial charge in [0.2, 0.25) is 11.8 Å². The molecule has 0 fully saturated rings. The second kappa shape index (κ2) is 17.2. The minimum absolute atomic E-state index is 0.0221. The first-order valence-electron chi connectivity index (χ1n) is 16.8. The van der Waals surface area contributed by atoms with Gasteiger partial charge in [0.15, 0.2) is 0 Å². The number of amides is 2. The summed E-state index contributed by atoms with van der Waals surface area (Å²) in [6.07, 6.45) is 0.216. The molecule has 0 bridgehead atoms. The number of halogens is 1. The van der Waals surface area contributed by atoms with Crippen molar-refractivity contribution in [3.8, 4) is 11.5 Å². The zero-order chi connectivity index (χ0) is 36.4. The summed E-state index contributed by atoms with van der Waals surface area (Å²) < 4.78 is 35.8. The molecule has 0 radical (unpaired) electrons. The van der Waals surface area contributed by atoms with Gasteiger partial charge in [-0.25, -0.2) is 8.42 Å². The monoisotopic (exact) mass is 723 g/mol. The molecule has 0 saturated carbocycles. The molecule has 2 amide bonds. The number of nitrogens with zero attached hydrogens (tertiary/aromatic N) is 2. The van der Waals surface area contributed by atoms with E-state index in [1.807, 2.05) is 87.5 Å². The first-order valence-corrected chi connectivity index (χ1v) is 18.6. The van der Waals surface area contributed by atoms with E-state index in [0.29, 0.717) is 28.6 Å². The first kappa shape index (κ1) is 37.1. The van der Waals surface area contributed by atoms with Crippen molar-refractivity contribution >= 4 is 39.1 Å². The standard InChI is InChI=1S/C41H42ClN3O5S/c1-30(2)27-43-41(47)39(26-32-11-6-4-7-12-32)44(28-33-13-10-14-34(42)25-33)40(46)29-45(51(48,49)38-23-17-31(3)18-24-38)35-19-21-37(22-20-35)50-36-15-8-5-9-16-36/h4-25,30,39H,26-29H2,1-3H3,(H,43,47). The maximum absolute atomic E-state index is 14.7. The summed E-state index contributed by atoms with van der Waals surface area (Å²) in [5, 5.41) is 3.48. The molecule has 5 aromatic carbocycles. The van der Waals surface area contributed by atoms with E-state index < -0.39 is 28.5 Å². The molecular formula is C41H42ClN3O5S.